The maximum absolute atomic E-state index is 11.9. The SMILES string of the molecule is COC(=O)CN(Cc1ccccc1Cl)Cn1[nH]c(-c2cc(Cl)ccc2OC)nc1=S. The number of halogens is 2. The van der Waals surface area contributed by atoms with Crippen molar-refractivity contribution in [2.45, 2.75) is 13.2 Å². The van der Waals surface area contributed by atoms with Gasteiger partial charge in [-0.2, -0.15) is 4.98 Å². The van der Waals surface area contributed by atoms with Gasteiger partial charge in [-0.15, -0.1) is 0 Å². The highest BCUT2D eigenvalue weighted by atomic mass is 35.5. The number of esters is 1. The normalized spacial score (nSPS) is 11.0. The van der Waals surface area contributed by atoms with Crippen LogP contribution in [0.15, 0.2) is 42.5 Å². The lowest BCUT2D eigenvalue weighted by Crippen LogP contribution is -2.32. The number of hydrogen-bond acceptors (Lipinski definition) is 6. The molecule has 0 spiro atoms. The molecular weight excluding hydrogens is 447 g/mol. The molecule has 1 N–H and O–H groups in total. The van der Waals surface area contributed by atoms with E-state index in [0.717, 1.165) is 5.56 Å². The highest BCUT2D eigenvalue weighted by Crippen LogP contribution is 2.30. The molecule has 0 saturated carbocycles. The molecule has 1 heterocycles. The van der Waals surface area contributed by atoms with Crippen molar-refractivity contribution < 1.29 is 14.3 Å². The van der Waals surface area contributed by atoms with Crippen LogP contribution in [0.4, 0.5) is 0 Å². The summed E-state index contributed by atoms with van der Waals surface area (Å²) in [5.74, 6) is 0.748. The van der Waals surface area contributed by atoms with Gasteiger partial charge in [0.1, 0.15) is 5.75 Å². The molecule has 0 aliphatic rings. The van der Waals surface area contributed by atoms with Crippen molar-refractivity contribution in [3.05, 3.63) is 62.8 Å². The fourth-order valence-corrected chi connectivity index (χ4v) is 3.47. The Morgan fingerprint density at radius 2 is 2.00 bits per heavy atom. The number of aromatic amines is 1. The van der Waals surface area contributed by atoms with E-state index in [4.69, 9.17) is 44.9 Å². The summed E-state index contributed by atoms with van der Waals surface area (Å²) in [6.45, 7) is 0.749. The molecule has 0 fully saturated rings. The molecule has 1 aromatic heterocycles. The van der Waals surface area contributed by atoms with Gasteiger partial charge in [0.2, 0.25) is 4.77 Å². The van der Waals surface area contributed by atoms with Gasteiger partial charge in [-0.1, -0.05) is 41.4 Å². The Hall–Kier alpha value is -2.39. The largest absolute Gasteiger partial charge is 0.496 e. The summed E-state index contributed by atoms with van der Waals surface area (Å²) in [5, 5.41) is 4.32. The van der Waals surface area contributed by atoms with Crippen LogP contribution in [0, 0.1) is 4.77 Å². The van der Waals surface area contributed by atoms with Gasteiger partial charge in [-0.05, 0) is 42.0 Å². The number of carbonyl (C=O) groups is 1. The highest BCUT2D eigenvalue weighted by molar-refractivity contribution is 7.71. The standard InChI is InChI=1S/C20H20Cl2N4O3S/c1-28-17-8-7-14(21)9-15(17)19-23-20(30)26(24-19)12-25(11-18(27)29-2)10-13-5-3-4-6-16(13)22/h3-9H,10-12H2,1-2H3,(H,23,24,30). The Morgan fingerprint density at radius 1 is 1.23 bits per heavy atom. The van der Waals surface area contributed by atoms with Gasteiger partial charge < -0.3 is 9.47 Å². The van der Waals surface area contributed by atoms with Gasteiger partial charge in [-0.3, -0.25) is 14.8 Å². The van der Waals surface area contributed by atoms with Crippen LogP contribution in [0.1, 0.15) is 5.56 Å². The van der Waals surface area contributed by atoms with E-state index >= 15 is 0 Å². The minimum atomic E-state index is -0.371. The summed E-state index contributed by atoms with van der Waals surface area (Å²) in [5.41, 5.74) is 1.56. The minimum Gasteiger partial charge on any atom is -0.496 e. The molecule has 3 rings (SSSR count). The lowest BCUT2D eigenvalue weighted by atomic mass is 10.2. The van der Waals surface area contributed by atoms with Gasteiger partial charge in [0, 0.05) is 16.6 Å². The zero-order valence-corrected chi connectivity index (χ0v) is 18.7. The summed E-state index contributed by atoms with van der Waals surface area (Å²) in [7, 11) is 2.92. The zero-order valence-electron chi connectivity index (χ0n) is 16.4. The van der Waals surface area contributed by atoms with Gasteiger partial charge in [0.15, 0.2) is 5.82 Å². The molecule has 0 radical (unpaired) electrons. The van der Waals surface area contributed by atoms with Crippen LogP contribution in [0.3, 0.4) is 0 Å². The third kappa shape index (κ3) is 5.40. The summed E-state index contributed by atoms with van der Waals surface area (Å²) >= 11 is 17.8. The van der Waals surface area contributed by atoms with Crippen LogP contribution in [0.2, 0.25) is 10.0 Å². The highest BCUT2D eigenvalue weighted by Gasteiger charge is 2.17. The third-order valence-electron chi connectivity index (χ3n) is 4.37. The second-order valence-corrected chi connectivity index (χ2v) is 7.63. The van der Waals surface area contributed by atoms with Crippen molar-refractivity contribution in [2.75, 3.05) is 20.8 Å². The third-order valence-corrected chi connectivity index (χ3v) is 5.28. The van der Waals surface area contributed by atoms with Crippen molar-refractivity contribution in [3.8, 4) is 17.1 Å². The van der Waals surface area contributed by atoms with Crippen LogP contribution in [0.25, 0.3) is 11.4 Å². The predicted molar refractivity (Wildman–Crippen MR) is 118 cm³/mol. The quantitative estimate of drug-likeness (QED) is 0.387. The Morgan fingerprint density at radius 3 is 2.70 bits per heavy atom. The van der Waals surface area contributed by atoms with Crippen molar-refractivity contribution in [2.24, 2.45) is 0 Å². The van der Waals surface area contributed by atoms with Crippen molar-refractivity contribution in [3.63, 3.8) is 0 Å². The van der Waals surface area contributed by atoms with Crippen molar-refractivity contribution in [1.82, 2.24) is 19.7 Å². The molecule has 30 heavy (non-hydrogen) atoms. The molecular formula is C20H20Cl2N4O3S. The summed E-state index contributed by atoms with van der Waals surface area (Å²) < 4.78 is 12.2. The summed E-state index contributed by atoms with van der Waals surface area (Å²) in [6, 6.07) is 12.7. The molecule has 2 aromatic carbocycles. The number of hydrogen-bond donors (Lipinski definition) is 1. The topological polar surface area (TPSA) is 72.4 Å². The second-order valence-electron chi connectivity index (χ2n) is 6.42. The average Bonchev–Trinajstić information content (AvgIpc) is 3.09. The Kier molecular flexibility index (Phi) is 7.49. The first-order chi connectivity index (χ1) is 14.4. The number of carbonyl (C=O) groups excluding carboxylic acids is 1. The lowest BCUT2D eigenvalue weighted by Gasteiger charge is -2.21. The maximum Gasteiger partial charge on any atom is 0.319 e. The average molecular weight is 467 g/mol. The number of methoxy groups -OCH3 is 2. The Labute approximate surface area is 189 Å². The van der Waals surface area contributed by atoms with Crippen molar-refractivity contribution in [1.29, 1.82) is 0 Å². The van der Waals surface area contributed by atoms with E-state index in [9.17, 15) is 4.79 Å². The number of nitrogens with zero attached hydrogens (tertiary/aromatic N) is 3. The number of nitrogens with one attached hydrogen (secondary N) is 1. The molecule has 3 aromatic rings. The molecule has 0 aliphatic heterocycles. The van der Waals surface area contributed by atoms with E-state index in [1.54, 1.807) is 36.1 Å². The van der Waals surface area contributed by atoms with Crippen LogP contribution in [-0.4, -0.2) is 46.4 Å². The van der Waals surface area contributed by atoms with Crippen LogP contribution in [-0.2, 0) is 22.7 Å². The smallest absolute Gasteiger partial charge is 0.319 e. The number of benzene rings is 2. The number of H-pyrrole nitrogens is 1. The maximum atomic E-state index is 11.9. The zero-order chi connectivity index (χ0) is 21.7. The van der Waals surface area contributed by atoms with E-state index in [1.165, 1.54) is 7.11 Å². The molecule has 0 saturated heterocycles. The minimum absolute atomic E-state index is 0.0539. The molecule has 7 nitrogen and oxygen atoms in total. The molecule has 0 bridgehead atoms. The van der Waals surface area contributed by atoms with E-state index in [0.29, 0.717) is 38.5 Å². The van der Waals surface area contributed by atoms with Crippen molar-refractivity contribution >= 4 is 41.4 Å². The molecule has 0 atom stereocenters. The summed E-state index contributed by atoms with van der Waals surface area (Å²) in [6.07, 6.45) is 0. The van der Waals surface area contributed by atoms with E-state index < -0.39 is 0 Å². The Balaban J connectivity index is 1.90. The lowest BCUT2D eigenvalue weighted by molar-refractivity contribution is -0.142. The first-order valence-corrected chi connectivity index (χ1v) is 10.1. The first-order valence-electron chi connectivity index (χ1n) is 8.94. The second kappa shape index (κ2) is 10.1. The van der Waals surface area contributed by atoms with E-state index in [1.807, 2.05) is 23.1 Å². The molecule has 0 aliphatic carbocycles. The molecule has 0 unspecified atom stereocenters. The van der Waals surface area contributed by atoms with Crippen LogP contribution >= 0.6 is 35.4 Å². The van der Waals surface area contributed by atoms with E-state index in [2.05, 4.69) is 10.1 Å². The molecule has 10 heteroatoms. The number of aromatic nitrogens is 3. The van der Waals surface area contributed by atoms with Gasteiger partial charge in [-0.25, -0.2) is 4.68 Å². The fraction of sp³-hybridized carbons (Fsp3) is 0.250. The fourth-order valence-electron chi connectivity index (χ4n) is 2.91. The predicted octanol–water partition coefficient (Wildman–Crippen LogP) is 4.56. The molecule has 0 amide bonds. The van der Waals surface area contributed by atoms with Gasteiger partial charge in [0.05, 0.1) is 33.0 Å². The molecule has 158 valence electrons. The van der Waals surface area contributed by atoms with Gasteiger partial charge >= 0.3 is 5.97 Å². The first kappa shape index (κ1) is 22.3. The number of rotatable bonds is 8. The number of ether oxygens (including phenoxy) is 2. The van der Waals surface area contributed by atoms with Crippen LogP contribution < -0.4 is 4.74 Å². The van der Waals surface area contributed by atoms with E-state index in [-0.39, 0.29) is 19.2 Å². The monoisotopic (exact) mass is 466 g/mol. The summed E-state index contributed by atoms with van der Waals surface area (Å²) in [4.78, 5) is 18.2. The Bertz CT molecular complexity index is 1100. The van der Waals surface area contributed by atoms with Crippen LogP contribution in [0.5, 0.6) is 5.75 Å². The van der Waals surface area contributed by atoms with Gasteiger partial charge in [0.25, 0.3) is 0 Å².